The Morgan fingerprint density at radius 3 is 1.45 bits per heavy atom. The summed E-state index contributed by atoms with van der Waals surface area (Å²) in [6.45, 7) is 7.17. The van der Waals surface area contributed by atoms with Gasteiger partial charge in [0.1, 0.15) is 0 Å². The van der Waals surface area contributed by atoms with Crippen LogP contribution in [0.2, 0.25) is 0 Å². The highest BCUT2D eigenvalue weighted by Crippen LogP contribution is 2.40. The molecule has 0 spiro atoms. The summed E-state index contributed by atoms with van der Waals surface area (Å²) in [4.78, 5) is 0. The maximum atomic E-state index is 2.53. The van der Waals surface area contributed by atoms with E-state index in [1.807, 2.05) is 0 Å². The third-order valence-electron chi connectivity index (χ3n) is 4.22. The van der Waals surface area contributed by atoms with Crippen molar-refractivity contribution < 1.29 is 0 Å². The smallest absolute Gasteiger partial charge is 0.0126 e. The van der Waals surface area contributed by atoms with Crippen LogP contribution in [0.25, 0.3) is 0 Å². The molecule has 0 nitrogen and oxygen atoms in total. The molecule has 0 aliphatic heterocycles. The summed E-state index contributed by atoms with van der Waals surface area (Å²) in [5, 5.41) is 0. The summed E-state index contributed by atoms with van der Waals surface area (Å²) in [6, 6.07) is 2.53. The van der Waals surface area contributed by atoms with Crippen LogP contribution in [0.15, 0.2) is 6.07 Å². The minimum absolute atomic E-state index is 0. The molecule has 0 saturated heterocycles. The van der Waals surface area contributed by atoms with Gasteiger partial charge in [0.05, 0.1) is 0 Å². The quantitative estimate of drug-likeness (QED) is 0.507. The highest BCUT2D eigenvalue weighted by molar-refractivity contribution is 5.52. The Hall–Kier alpha value is -0.780. The summed E-state index contributed by atoms with van der Waals surface area (Å²) in [7, 11) is 0. The van der Waals surface area contributed by atoms with Crippen LogP contribution in [-0.4, -0.2) is 0 Å². The number of hydrogen-bond acceptors (Lipinski definition) is 0. The summed E-state index contributed by atoms with van der Waals surface area (Å²) in [5.74, 6) is 0. The summed E-state index contributed by atoms with van der Waals surface area (Å²) < 4.78 is 0. The maximum Gasteiger partial charge on any atom is -0.0126 e. The molecule has 20 heavy (non-hydrogen) atoms. The fourth-order valence-electron chi connectivity index (χ4n) is 3.72. The van der Waals surface area contributed by atoms with Gasteiger partial charge in [-0.3, -0.25) is 0 Å². The molecular formula is C20H38. The molecule has 0 aromatic heterocycles. The van der Waals surface area contributed by atoms with E-state index in [1.165, 1.54) is 38.5 Å². The minimum atomic E-state index is 0. The standard InChI is InChI=1S/C16H22.4CH4/c1-16(2,3)15-13-8-4-6-11(13)10-12-7-5-9-14(12)15;;;;/h10H,4-9H2,1-3H3;4*1H4. The molecule has 0 bridgehead atoms. The lowest BCUT2D eigenvalue weighted by Crippen LogP contribution is -2.17. The molecule has 0 amide bonds. The highest BCUT2D eigenvalue weighted by Gasteiger charge is 2.29. The van der Waals surface area contributed by atoms with E-state index in [-0.39, 0.29) is 29.7 Å². The lowest BCUT2D eigenvalue weighted by atomic mass is 9.78. The van der Waals surface area contributed by atoms with Gasteiger partial charge in [0.25, 0.3) is 0 Å². The Labute approximate surface area is 129 Å². The Bertz CT molecular complexity index is 400. The van der Waals surface area contributed by atoms with Crippen LogP contribution < -0.4 is 0 Å². The first-order valence-corrected chi connectivity index (χ1v) is 6.74. The van der Waals surface area contributed by atoms with Crippen LogP contribution in [0, 0.1) is 0 Å². The van der Waals surface area contributed by atoms with Crippen LogP contribution >= 0.6 is 0 Å². The topological polar surface area (TPSA) is 0 Å². The fraction of sp³-hybridized carbons (Fsp3) is 0.700. The molecule has 0 N–H and O–H groups in total. The van der Waals surface area contributed by atoms with Crippen molar-refractivity contribution in [1.82, 2.24) is 0 Å². The molecule has 0 heterocycles. The zero-order chi connectivity index (χ0) is 11.3. The summed E-state index contributed by atoms with van der Waals surface area (Å²) >= 11 is 0. The molecule has 0 fully saturated rings. The third kappa shape index (κ3) is 3.27. The number of rotatable bonds is 0. The van der Waals surface area contributed by atoms with Crippen molar-refractivity contribution in [2.75, 3.05) is 0 Å². The van der Waals surface area contributed by atoms with Gasteiger partial charge in [-0.05, 0) is 71.8 Å². The van der Waals surface area contributed by atoms with E-state index in [2.05, 4.69) is 26.8 Å². The van der Waals surface area contributed by atoms with Gasteiger partial charge in [0.2, 0.25) is 0 Å². The average Bonchev–Trinajstić information content (AvgIpc) is 2.77. The van der Waals surface area contributed by atoms with Crippen molar-refractivity contribution in [2.45, 2.75) is 94.4 Å². The highest BCUT2D eigenvalue weighted by atomic mass is 14.3. The number of benzene rings is 1. The number of aryl methyl sites for hydroxylation is 2. The van der Waals surface area contributed by atoms with E-state index in [9.17, 15) is 0 Å². The molecule has 1 aromatic carbocycles. The average molecular weight is 279 g/mol. The van der Waals surface area contributed by atoms with Crippen LogP contribution in [-0.2, 0) is 31.1 Å². The molecular weight excluding hydrogens is 240 g/mol. The van der Waals surface area contributed by atoms with Crippen LogP contribution in [0.5, 0.6) is 0 Å². The normalized spacial score (nSPS) is 14.9. The molecule has 0 heteroatoms. The number of fused-ring (bicyclic) bond motifs is 2. The maximum absolute atomic E-state index is 2.53. The van der Waals surface area contributed by atoms with Gasteiger partial charge in [-0.2, -0.15) is 0 Å². The predicted octanol–water partition coefficient (Wildman–Crippen LogP) is 6.51. The predicted molar refractivity (Wildman–Crippen MR) is 96.1 cm³/mol. The molecule has 2 aliphatic rings. The summed E-state index contributed by atoms with van der Waals surface area (Å²) in [5.41, 5.74) is 8.83. The van der Waals surface area contributed by atoms with E-state index in [0.717, 1.165) is 0 Å². The van der Waals surface area contributed by atoms with Gasteiger partial charge in [0.15, 0.2) is 0 Å². The second-order valence-corrected chi connectivity index (χ2v) is 6.48. The van der Waals surface area contributed by atoms with E-state index in [0.29, 0.717) is 5.41 Å². The van der Waals surface area contributed by atoms with E-state index in [4.69, 9.17) is 0 Å². The van der Waals surface area contributed by atoms with Gasteiger partial charge in [-0.1, -0.05) is 56.5 Å². The first-order valence-electron chi connectivity index (χ1n) is 6.74. The lowest BCUT2D eigenvalue weighted by molar-refractivity contribution is 0.577. The molecule has 0 unspecified atom stereocenters. The molecule has 0 saturated carbocycles. The van der Waals surface area contributed by atoms with Crippen LogP contribution in [0.1, 0.15) is 91.1 Å². The van der Waals surface area contributed by atoms with E-state index >= 15 is 0 Å². The summed E-state index contributed by atoms with van der Waals surface area (Å²) in [6.07, 6.45) is 8.06. The SMILES string of the molecule is C.C.C.C.CC(C)(C)c1c2c(cc3c1CCC3)CCC2. The third-order valence-corrected chi connectivity index (χ3v) is 4.22. The van der Waals surface area contributed by atoms with Crippen molar-refractivity contribution in [2.24, 2.45) is 0 Å². The first-order chi connectivity index (χ1) is 7.57. The Balaban J connectivity index is 0. The van der Waals surface area contributed by atoms with Crippen molar-refractivity contribution in [3.8, 4) is 0 Å². The van der Waals surface area contributed by atoms with Crippen LogP contribution in [0.3, 0.4) is 0 Å². The van der Waals surface area contributed by atoms with Crippen molar-refractivity contribution >= 4 is 0 Å². The van der Waals surface area contributed by atoms with Gasteiger partial charge >= 0.3 is 0 Å². The molecule has 118 valence electrons. The molecule has 0 radical (unpaired) electrons. The molecule has 3 rings (SSSR count). The first kappa shape index (κ1) is 21.5. The zero-order valence-electron chi connectivity index (χ0n) is 10.8. The fourth-order valence-corrected chi connectivity index (χ4v) is 3.72. The largest absolute Gasteiger partial charge is 0.0776 e. The van der Waals surface area contributed by atoms with Crippen LogP contribution in [0.4, 0.5) is 0 Å². The lowest BCUT2D eigenvalue weighted by Gasteiger charge is -2.27. The Kier molecular flexibility index (Phi) is 7.84. The van der Waals surface area contributed by atoms with E-state index in [1.54, 1.807) is 27.8 Å². The number of hydrogen-bond donors (Lipinski definition) is 0. The van der Waals surface area contributed by atoms with Gasteiger partial charge in [0, 0.05) is 0 Å². The minimum Gasteiger partial charge on any atom is -0.0776 e. The van der Waals surface area contributed by atoms with Crippen molar-refractivity contribution in [1.29, 1.82) is 0 Å². The monoisotopic (exact) mass is 278 g/mol. The second-order valence-electron chi connectivity index (χ2n) is 6.48. The van der Waals surface area contributed by atoms with Crippen molar-refractivity contribution in [3.63, 3.8) is 0 Å². The van der Waals surface area contributed by atoms with Gasteiger partial charge in [-0.15, -0.1) is 0 Å². The molecule has 2 aliphatic carbocycles. The van der Waals surface area contributed by atoms with Gasteiger partial charge < -0.3 is 0 Å². The van der Waals surface area contributed by atoms with Gasteiger partial charge in [-0.25, -0.2) is 0 Å². The molecule has 1 aromatic rings. The Morgan fingerprint density at radius 1 is 0.700 bits per heavy atom. The van der Waals surface area contributed by atoms with Crippen molar-refractivity contribution in [3.05, 3.63) is 33.9 Å². The zero-order valence-corrected chi connectivity index (χ0v) is 10.8. The van der Waals surface area contributed by atoms with E-state index < -0.39 is 0 Å². The molecule has 0 atom stereocenters. The Morgan fingerprint density at radius 2 is 1.10 bits per heavy atom. The second kappa shape index (κ2) is 7.29.